The van der Waals surface area contributed by atoms with E-state index in [9.17, 15) is 0 Å². The Morgan fingerprint density at radius 2 is 2.00 bits per heavy atom. The van der Waals surface area contributed by atoms with Crippen LogP contribution in [0.3, 0.4) is 0 Å². The molecular formula is C16H22ClNO. The summed E-state index contributed by atoms with van der Waals surface area (Å²) in [7, 11) is 0. The topological polar surface area (TPSA) is 39.2 Å². The van der Waals surface area contributed by atoms with Crippen molar-refractivity contribution in [3.8, 4) is 0 Å². The molecule has 0 amide bonds. The van der Waals surface area contributed by atoms with E-state index >= 15 is 0 Å². The predicted molar refractivity (Wildman–Crippen MR) is 81.5 cm³/mol. The van der Waals surface area contributed by atoms with E-state index in [1.807, 2.05) is 24.3 Å². The third-order valence-electron chi connectivity index (χ3n) is 3.50. The number of hydrogen-bond donors (Lipinski definition) is 1. The zero-order valence-corrected chi connectivity index (χ0v) is 12.2. The molecule has 1 heterocycles. The van der Waals surface area contributed by atoms with Crippen LogP contribution in [0.1, 0.15) is 57.3 Å². The van der Waals surface area contributed by atoms with E-state index in [2.05, 4.69) is 6.92 Å². The van der Waals surface area contributed by atoms with Crippen LogP contribution in [0.2, 0.25) is 5.02 Å². The highest BCUT2D eigenvalue weighted by molar-refractivity contribution is 6.34. The average molecular weight is 280 g/mol. The molecule has 0 aliphatic rings. The van der Waals surface area contributed by atoms with E-state index in [1.54, 1.807) is 0 Å². The monoisotopic (exact) mass is 279 g/mol. The number of nitrogens with two attached hydrogens (primary N) is 1. The number of unbranched alkanes of at least 4 members (excludes halogenated alkanes) is 4. The summed E-state index contributed by atoms with van der Waals surface area (Å²) in [6.07, 6.45) is 7.27. The molecule has 104 valence electrons. The number of furan rings is 1. The first-order chi connectivity index (χ1) is 9.22. The fraction of sp³-hybridized carbons (Fsp3) is 0.500. The van der Waals surface area contributed by atoms with Gasteiger partial charge in [-0.25, -0.2) is 0 Å². The van der Waals surface area contributed by atoms with Gasteiger partial charge in [-0.15, -0.1) is 0 Å². The number of benzene rings is 1. The van der Waals surface area contributed by atoms with Gasteiger partial charge in [-0.2, -0.15) is 0 Å². The summed E-state index contributed by atoms with van der Waals surface area (Å²) in [5, 5.41) is 1.68. The number of hydrogen-bond acceptors (Lipinski definition) is 2. The molecule has 2 aromatic rings. The van der Waals surface area contributed by atoms with Crippen LogP contribution in [0.25, 0.3) is 11.0 Å². The second-order valence-corrected chi connectivity index (χ2v) is 5.52. The molecule has 1 atom stereocenters. The lowest BCUT2D eigenvalue weighted by molar-refractivity contribution is 0.460. The minimum atomic E-state index is -0.0231. The molecule has 0 saturated heterocycles. The van der Waals surface area contributed by atoms with E-state index in [1.165, 1.54) is 25.7 Å². The molecule has 3 heteroatoms. The molecule has 0 radical (unpaired) electrons. The van der Waals surface area contributed by atoms with Crippen molar-refractivity contribution in [1.29, 1.82) is 0 Å². The second kappa shape index (κ2) is 6.97. The van der Waals surface area contributed by atoms with Crippen molar-refractivity contribution in [2.75, 3.05) is 0 Å². The van der Waals surface area contributed by atoms with Crippen molar-refractivity contribution < 1.29 is 4.42 Å². The Morgan fingerprint density at radius 3 is 2.74 bits per heavy atom. The Morgan fingerprint density at radius 1 is 1.21 bits per heavy atom. The molecule has 2 N–H and O–H groups in total. The Hall–Kier alpha value is -0.990. The summed E-state index contributed by atoms with van der Waals surface area (Å²) in [6.45, 7) is 2.23. The smallest absolute Gasteiger partial charge is 0.152 e. The maximum absolute atomic E-state index is 6.19. The maximum atomic E-state index is 6.19. The Bertz CT molecular complexity index is 520. The quantitative estimate of drug-likeness (QED) is 0.685. The Balaban J connectivity index is 1.94. The Kier molecular flexibility index (Phi) is 5.29. The minimum Gasteiger partial charge on any atom is -0.458 e. The van der Waals surface area contributed by atoms with Crippen LogP contribution in [-0.4, -0.2) is 0 Å². The molecule has 0 aliphatic heterocycles. The summed E-state index contributed by atoms with van der Waals surface area (Å²) < 4.78 is 5.78. The van der Waals surface area contributed by atoms with Crippen LogP contribution in [0.15, 0.2) is 28.7 Å². The van der Waals surface area contributed by atoms with Gasteiger partial charge in [0, 0.05) is 5.39 Å². The highest BCUT2D eigenvalue weighted by Crippen LogP contribution is 2.30. The van der Waals surface area contributed by atoms with Crippen molar-refractivity contribution in [3.05, 3.63) is 35.0 Å². The van der Waals surface area contributed by atoms with Crippen LogP contribution in [0.5, 0.6) is 0 Å². The average Bonchev–Trinajstić information content (AvgIpc) is 2.84. The van der Waals surface area contributed by atoms with E-state index < -0.39 is 0 Å². The maximum Gasteiger partial charge on any atom is 0.152 e. The van der Waals surface area contributed by atoms with Gasteiger partial charge in [-0.3, -0.25) is 0 Å². The van der Waals surface area contributed by atoms with Gasteiger partial charge in [0.1, 0.15) is 5.76 Å². The number of rotatable bonds is 7. The largest absolute Gasteiger partial charge is 0.458 e. The zero-order valence-electron chi connectivity index (χ0n) is 11.5. The van der Waals surface area contributed by atoms with Crippen LogP contribution in [-0.2, 0) is 0 Å². The van der Waals surface area contributed by atoms with E-state index in [0.717, 1.165) is 29.6 Å². The highest BCUT2D eigenvalue weighted by atomic mass is 35.5. The van der Waals surface area contributed by atoms with Gasteiger partial charge in [0.2, 0.25) is 0 Å². The first-order valence-electron chi connectivity index (χ1n) is 7.16. The van der Waals surface area contributed by atoms with Crippen molar-refractivity contribution in [1.82, 2.24) is 0 Å². The van der Waals surface area contributed by atoms with Crippen molar-refractivity contribution in [2.45, 2.75) is 51.5 Å². The summed E-state index contributed by atoms with van der Waals surface area (Å²) in [5.41, 5.74) is 6.94. The van der Waals surface area contributed by atoms with E-state index in [4.69, 9.17) is 21.8 Å². The minimum absolute atomic E-state index is 0.0231. The molecule has 2 nitrogen and oxygen atoms in total. The number of fused-ring (bicyclic) bond motifs is 1. The molecule has 0 spiro atoms. The van der Waals surface area contributed by atoms with Gasteiger partial charge in [-0.1, -0.05) is 62.8 Å². The SMILES string of the molecule is CCCCCCCC(N)c1cc2cccc(Cl)c2o1. The van der Waals surface area contributed by atoms with Crippen LogP contribution < -0.4 is 5.73 Å². The fourth-order valence-corrected chi connectivity index (χ4v) is 2.56. The normalized spacial score (nSPS) is 13.0. The molecule has 0 bridgehead atoms. The first kappa shape index (κ1) is 14.4. The van der Waals surface area contributed by atoms with Crippen LogP contribution in [0.4, 0.5) is 0 Å². The summed E-state index contributed by atoms with van der Waals surface area (Å²) in [5.74, 6) is 0.846. The molecule has 1 aromatic heterocycles. The van der Waals surface area contributed by atoms with Gasteiger partial charge in [0.15, 0.2) is 5.58 Å². The molecule has 2 rings (SSSR count). The summed E-state index contributed by atoms with van der Waals surface area (Å²) in [6, 6.07) is 7.76. The molecule has 0 saturated carbocycles. The van der Waals surface area contributed by atoms with Crippen molar-refractivity contribution in [2.24, 2.45) is 5.73 Å². The predicted octanol–water partition coefficient (Wildman–Crippen LogP) is 5.45. The third kappa shape index (κ3) is 3.74. The zero-order chi connectivity index (χ0) is 13.7. The lowest BCUT2D eigenvalue weighted by atomic mass is 10.1. The molecular weight excluding hydrogens is 258 g/mol. The van der Waals surface area contributed by atoms with Gasteiger partial charge < -0.3 is 10.2 Å². The summed E-state index contributed by atoms with van der Waals surface area (Å²) >= 11 is 6.10. The van der Waals surface area contributed by atoms with Crippen molar-refractivity contribution >= 4 is 22.6 Å². The summed E-state index contributed by atoms with van der Waals surface area (Å²) in [4.78, 5) is 0. The first-order valence-corrected chi connectivity index (χ1v) is 7.53. The van der Waals surface area contributed by atoms with Gasteiger partial charge in [0.25, 0.3) is 0 Å². The molecule has 0 aliphatic carbocycles. The van der Waals surface area contributed by atoms with Gasteiger partial charge in [0.05, 0.1) is 11.1 Å². The highest BCUT2D eigenvalue weighted by Gasteiger charge is 2.13. The molecule has 1 unspecified atom stereocenters. The second-order valence-electron chi connectivity index (χ2n) is 5.12. The van der Waals surface area contributed by atoms with Gasteiger partial charge >= 0.3 is 0 Å². The molecule has 19 heavy (non-hydrogen) atoms. The lowest BCUT2D eigenvalue weighted by Gasteiger charge is -2.07. The molecule has 0 fully saturated rings. The van der Waals surface area contributed by atoms with Gasteiger partial charge in [-0.05, 0) is 18.6 Å². The molecule has 1 aromatic carbocycles. The third-order valence-corrected chi connectivity index (χ3v) is 3.80. The fourth-order valence-electron chi connectivity index (χ4n) is 2.34. The lowest BCUT2D eigenvalue weighted by Crippen LogP contribution is -2.08. The Labute approximate surface area is 119 Å². The standard InChI is InChI=1S/C16H22ClNO/c1-2-3-4-5-6-10-14(18)15-11-12-8-7-9-13(17)16(12)19-15/h7-9,11,14H,2-6,10,18H2,1H3. The number of halogens is 1. The van der Waals surface area contributed by atoms with Crippen molar-refractivity contribution in [3.63, 3.8) is 0 Å². The number of para-hydroxylation sites is 1. The van der Waals surface area contributed by atoms with Crippen LogP contribution >= 0.6 is 11.6 Å². The van der Waals surface area contributed by atoms with E-state index in [-0.39, 0.29) is 6.04 Å². The van der Waals surface area contributed by atoms with E-state index in [0.29, 0.717) is 5.02 Å². The van der Waals surface area contributed by atoms with Crippen LogP contribution in [0, 0.1) is 0 Å².